The van der Waals surface area contributed by atoms with E-state index in [9.17, 15) is 13.2 Å². The minimum absolute atomic E-state index is 0.236. The molecule has 0 rings (SSSR count). The first-order valence-corrected chi connectivity index (χ1v) is 8.04. The van der Waals surface area contributed by atoms with Gasteiger partial charge in [0.05, 0.1) is 32.9 Å². The standard InChI is InChI=1S/C13H25NO5S/c1-6-12(15)19-11-13(2,3)10-14(4,5)8-7-9-20(16,17)18/h6H,1,7-11H2,2-5H3/p+1. The molecule has 0 bridgehead atoms. The van der Waals surface area contributed by atoms with Crippen LogP contribution in [0.2, 0.25) is 0 Å². The smallest absolute Gasteiger partial charge is 0.330 e. The van der Waals surface area contributed by atoms with Crippen LogP contribution in [-0.4, -0.2) is 63.0 Å². The number of carbonyl (C=O) groups is 1. The largest absolute Gasteiger partial charge is 0.462 e. The van der Waals surface area contributed by atoms with Crippen molar-refractivity contribution in [3.05, 3.63) is 12.7 Å². The molecule has 0 saturated carbocycles. The van der Waals surface area contributed by atoms with Gasteiger partial charge in [-0.25, -0.2) is 4.79 Å². The summed E-state index contributed by atoms with van der Waals surface area (Å²) in [5.74, 6) is -0.685. The molecule has 0 amide bonds. The second kappa shape index (κ2) is 7.19. The van der Waals surface area contributed by atoms with Gasteiger partial charge in [0.15, 0.2) is 0 Å². The molecule has 0 radical (unpaired) electrons. The van der Waals surface area contributed by atoms with E-state index in [2.05, 4.69) is 6.58 Å². The lowest BCUT2D eigenvalue weighted by atomic mass is 9.93. The fraction of sp³-hybridized carbons (Fsp3) is 0.769. The van der Waals surface area contributed by atoms with Gasteiger partial charge in [-0.15, -0.1) is 0 Å². The van der Waals surface area contributed by atoms with Crippen LogP contribution >= 0.6 is 0 Å². The fourth-order valence-electron chi connectivity index (χ4n) is 2.28. The van der Waals surface area contributed by atoms with Crippen LogP contribution in [0, 0.1) is 5.41 Å². The molecule has 0 aromatic rings. The molecule has 0 saturated heterocycles. The van der Waals surface area contributed by atoms with Crippen LogP contribution in [0.15, 0.2) is 12.7 Å². The summed E-state index contributed by atoms with van der Waals surface area (Å²) in [6.07, 6.45) is 1.51. The summed E-state index contributed by atoms with van der Waals surface area (Å²) in [6, 6.07) is 0. The van der Waals surface area contributed by atoms with E-state index in [0.717, 1.165) is 6.08 Å². The Balaban J connectivity index is 4.34. The molecular formula is C13H26NO5S+. The predicted octanol–water partition coefficient (Wildman–Crippen LogP) is 1.10. The van der Waals surface area contributed by atoms with E-state index in [4.69, 9.17) is 9.29 Å². The molecule has 20 heavy (non-hydrogen) atoms. The Morgan fingerprint density at radius 1 is 1.40 bits per heavy atom. The van der Waals surface area contributed by atoms with Crippen LogP contribution in [0.5, 0.6) is 0 Å². The lowest BCUT2D eigenvalue weighted by Gasteiger charge is -2.37. The zero-order chi connectivity index (χ0) is 16.0. The van der Waals surface area contributed by atoms with Crippen molar-refractivity contribution in [1.82, 2.24) is 0 Å². The van der Waals surface area contributed by atoms with Gasteiger partial charge in [0, 0.05) is 17.9 Å². The molecule has 0 aliphatic rings. The Morgan fingerprint density at radius 2 is 1.95 bits per heavy atom. The lowest BCUT2D eigenvalue weighted by molar-refractivity contribution is -0.896. The monoisotopic (exact) mass is 308 g/mol. The number of rotatable bonds is 9. The fourth-order valence-corrected chi connectivity index (χ4v) is 2.78. The summed E-state index contributed by atoms with van der Waals surface area (Å²) in [5.41, 5.74) is -0.236. The van der Waals surface area contributed by atoms with Gasteiger partial charge in [-0.1, -0.05) is 20.4 Å². The molecule has 7 heteroatoms. The van der Waals surface area contributed by atoms with Crippen molar-refractivity contribution in [3.8, 4) is 0 Å². The van der Waals surface area contributed by atoms with Gasteiger partial charge < -0.3 is 9.22 Å². The van der Waals surface area contributed by atoms with E-state index in [1.165, 1.54) is 0 Å². The average Bonchev–Trinajstić information content (AvgIpc) is 2.22. The average molecular weight is 308 g/mol. The van der Waals surface area contributed by atoms with Crippen molar-refractivity contribution in [2.24, 2.45) is 5.41 Å². The summed E-state index contributed by atoms with van der Waals surface area (Å²) in [4.78, 5) is 11.1. The third-order valence-corrected chi connectivity index (χ3v) is 3.60. The van der Waals surface area contributed by atoms with Crippen molar-refractivity contribution in [1.29, 1.82) is 0 Å². The molecule has 0 aromatic carbocycles. The zero-order valence-corrected chi connectivity index (χ0v) is 13.6. The molecule has 0 heterocycles. The summed E-state index contributed by atoms with van der Waals surface area (Å²) in [6.45, 7) is 8.89. The van der Waals surface area contributed by atoms with E-state index in [-0.39, 0.29) is 17.8 Å². The minimum Gasteiger partial charge on any atom is -0.462 e. The van der Waals surface area contributed by atoms with E-state index >= 15 is 0 Å². The molecule has 0 aliphatic carbocycles. The van der Waals surface area contributed by atoms with Gasteiger partial charge in [-0.3, -0.25) is 4.55 Å². The quantitative estimate of drug-likeness (QED) is 0.298. The third-order valence-electron chi connectivity index (χ3n) is 2.79. The van der Waals surface area contributed by atoms with Gasteiger partial charge in [0.25, 0.3) is 10.1 Å². The van der Waals surface area contributed by atoms with Crippen LogP contribution in [0.4, 0.5) is 0 Å². The highest BCUT2D eigenvalue weighted by Crippen LogP contribution is 2.20. The molecule has 0 unspecified atom stereocenters. The highest BCUT2D eigenvalue weighted by atomic mass is 32.2. The maximum absolute atomic E-state index is 11.1. The second-order valence-electron chi connectivity index (χ2n) is 6.43. The Hall–Kier alpha value is -0.920. The lowest BCUT2D eigenvalue weighted by Crippen LogP contribution is -2.48. The molecule has 0 aliphatic heterocycles. The van der Waals surface area contributed by atoms with Crippen LogP contribution in [0.3, 0.4) is 0 Å². The molecule has 0 atom stereocenters. The Labute approximate surface area is 121 Å². The van der Waals surface area contributed by atoms with Crippen LogP contribution in [-0.2, 0) is 19.6 Å². The van der Waals surface area contributed by atoms with E-state index in [1.807, 2.05) is 27.9 Å². The highest BCUT2D eigenvalue weighted by Gasteiger charge is 2.30. The molecule has 0 spiro atoms. The summed E-state index contributed by atoms with van der Waals surface area (Å²) >= 11 is 0. The van der Waals surface area contributed by atoms with Gasteiger partial charge in [0.1, 0.15) is 6.61 Å². The van der Waals surface area contributed by atoms with Gasteiger partial charge in [-0.05, 0) is 0 Å². The summed E-state index contributed by atoms with van der Waals surface area (Å²) in [7, 11) is 0.0410. The van der Waals surface area contributed by atoms with E-state index in [1.54, 1.807) is 0 Å². The number of carbonyl (C=O) groups excluding carboxylic acids is 1. The van der Waals surface area contributed by atoms with Crippen molar-refractivity contribution in [2.45, 2.75) is 20.3 Å². The van der Waals surface area contributed by atoms with E-state index in [0.29, 0.717) is 24.0 Å². The molecule has 6 nitrogen and oxygen atoms in total. The van der Waals surface area contributed by atoms with Crippen molar-refractivity contribution in [2.75, 3.05) is 39.5 Å². The molecule has 0 fully saturated rings. The Morgan fingerprint density at radius 3 is 2.40 bits per heavy atom. The number of hydrogen-bond acceptors (Lipinski definition) is 4. The second-order valence-corrected chi connectivity index (χ2v) is 8.01. The van der Waals surface area contributed by atoms with Crippen LogP contribution in [0.25, 0.3) is 0 Å². The predicted molar refractivity (Wildman–Crippen MR) is 77.8 cm³/mol. The normalized spacial score (nSPS) is 13.1. The summed E-state index contributed by atoms with van der Waals surface area (Å²) in [5, 5.41) is 0. The van der Waals surface area contributed by atoms with Gasteiger partial charge >= 0.3 is 5.97 Å². The zero-order valence-electron chi connectivity index (χ0n) is 12.8. The van der Waals surface area contributed by atoms with Crippen molar-refractivity contribution < 1.29 is 27.0 Å². The first-order valence-electron chi connectivity index (χ1n) is 6.43. The Kier molecular flexibility index (Phi) is 6.86. The number of ether oxygens (including phenoxy) is 1. The number of hydrogen-bond donors (Lipinski definition) is 1. The van der Waals surface area contributed by atoms with Gasteiger partial charge in [-0.2, -0.15) is 8.42 Å². The first kappa shape index (κ1) is 19.1. The highest BCUT2D eigenvalue weighted by molar-refractivity contribution is 7.85. The molecular weight excluding hydrogens is 282 g/mol. The SMILES string of the molecule is C=CC(=O)OCC(C)(C)C[N+](C)(C)CCCS(=O)(=O)O. The maximum Gasteiger partial charge on any atom is 0.330 e. The topological polar surface area (TPSA) is 80.7 Å². The van der Waals surface area contributed by atoms with Crippen molar-refractivity contribution >= 4 is 16.1 Å². The van der Waals surface area contributed by atoms with Crippen LogP contribution < -0.4 is 0 Å². The first-order chi connectivity index (χ1) is 8.87. The van der Waals surface area contributed by atoms with E-state index < -0.39 is 16.1 Å². The summed E-state index contributed by atoms with van der Waals surface area (Å²) < 4.78 is 35.7. The van der Waals surface area contributed by atoms with Crippen molar-refractivity contribution in [3.63, 3.8) is 0 Å². The maximum atomic E-state index is 11.1. The molecule has 1 N–H and O–H groups in total. The number of nitrogens with zero attached hydrogens (tertiary/aromatic N) is 1. The minimum atomic E-state index is -3.91. The van der Waals surface area contributed by atoms with Gasteiger partial charge in [0.2, 0.25) is 0 Å². The molecule has 0 aromatic heterocycles. The number of quaternary nitrogens is 1. The molecule has 118 valence electrons. The third kappa shape index (κ3) is 9.94. The van der Waals surface area contributed by atoms with Crippen LogP contribution in [0.1, 0.15) is 20.3 Å². The Bertz CT molecular complexity index is 440. The number of esters is 1.